The highest BCUT2D eigenvalue weighted by Crippen LogP contribution is 2.51. The van der Waals surface area contributed by atoms with Gasteiger partial charge in [-0.05, 0) is 38.5 Å². The van der Waals surface area contributed by atoms with Gasteiger partial charge in [-0.15, -0.1) is 0 Å². The number of hydrogen-bond donors (Lipinski definition) is 0. The van der Waals surface area contributed by atoms with Gasteiger partial charge in [0, 0.05) is 10.8 Å². The molecule has 0 bridgehead atoms. The molecule has 1 saturated carbocycles. The zero-order chi connectivity index (χ0) is 12.0. The molecular formula is C15H24O. The molecule has 16 heavy (non-hydrogen) atoms. The van der Waals surface area contributed by atoms with Crippen LogP contribution < -0.4 is 0 Å². The van der Waals surface area contributed by atoms with Gasteiger partial charge in [-0.1, -0.05) is 38.8 Å². The average Bonchev–Trinajstić information content (AvgIpc) is 2.12. The van der Waals surface area contributed by atoms with Gasteiger partial charge < -0.3 is 0 Å². The van der Waals surface area contributed by atoms with Gasteiger partial charge in [-0.25, -0.2) is 0 Å². The first-order valence-electron chi connectivity index (χ1n) is 6.58. The molecule has 0 aromatic rings. The zero-order valence-corrected chi connectivity index (χ0v) is 11.1. The molecule has 1 nitrogen and oxygen atoms in total. The molecule has 0 amide bonds. The summed E-state index contributed by atoms with van der Waals surface area (Å²) in [5.41, 5.74) is 1.32. The van der Waals surface area contributed by atoms with E-state index in [1.54, 1.807) is 0 Å². The van der Waals surface area contributed by atoms with Crippen LogP contribution in [0.25, 0.3) is 0 Å². The standard InChI is InChI=1S/C15H24O/c1-11-8-12(2)10-15(9-11)7-5-6-14(3,4)13(15)16/h8,11H,5-7,9-10H2,1-4H3/t11-,15?/m0/s1. The van der Waals surface area contributed by atoms with E-state index in [0.29, 0.717) is 11.7 Å². The molecule has 0 N–H and O–H groups in total. The largest absolute Gasteiger partial charge is 0.298 e. The van der Waals surface area contributed by atoms with E-state index in [4.69, 9.17) is 0 Å². The number of carbonyl (C=O) groups excluding carboxylic acids is 1. The molecule has 0 saturated heterocycles. The summed E-state index contributed by atoms with van der Waals surface area (Å²) in [5.74, 6) is 1.11. The molecule has 2 atom stereocenters. The van der Waals surface area contributed by atoms with Gasteiger partial charge in [0.2, 0.25) is 0 Å². The van der Waals surface area contributed by atoms with Crippen molar-refractivity contribution >= 4 is 5.78 Å². The number of Topliss-reactive ketones (excluding diaryl/α,β-unsaturated/α-hetero) is 1. The second kappa shape index (κ2) is 3.72. The molecule has 2 rings (SSSR count). The number of ketones is 1. The van der Waals surface area contributed by atoms with E-state index in [1.165, 1.54) is 12.0 Å². The van der Waals surface area contributed by atoms with Gasteiger partial charge >= 0.3 is 0 Å². The predicted molar refractivity (Wildman–Crippen MR) is 67.2 cm³/mol. The van der Waals surface area contributed by atoms with Gasteiger partial charge in [0.1, 0.15) is 5.78 Å². The maximum absolute atomic E-state index is 12.7. The molecule has 1 unspecified atom stereocenters. The summed E-state index contributed by atoms with van der Waals surface area (Å²) in [4.78, 5) is 12.7. The van der Waals surface area contributed by atoms with Gasteiger partial charge in [0.15, 0.2) is 0 Å². The summed E-state index contributed by atoms with van der Waals surface area (Å²) < 4.78 is 0. The Kier molecular flexibility index (Phi) is 2.76. The lowest BCUT2D eigenvalue weighted by atomic mass is 9.56. The number of allylic oxidation sites excluding steroid dienone is 2. The average molecular weight is 220 g/mol. The Labute approximate surface area is 99.3 Å². The molecule has 0 radical (unpaired) electrons. The molecule has 1 fully saturated rings. The van der Waals surface area contributed by atoms with Crippen molar-refractivity contribution in [1.82, 2.24) is 0 Å². The smallest absolute Gasteiger partial charge is 0.144 e. The van der Waals surface area contributed by atoms with Crippen LogP contribution in [-0.4, -0.2) is 5.78 Å². The highest BCUT2D eigenvalue weighted by Gasteiger charge is 2.49. The van der Waals surface area contributed by atoms with Gasteiger partial charge in [0.05, 0.1) is 0 Å². The monoisotopic (exact) mass is 220 g/mol. The molecule has 0 aromatic carbocycles. The summed E-state index contributed by atoms with van der Waals surface area (Å²) in [6.45, 7) is 8.70. The van der Waals surface area contributed by atoms with Crippen molar-refractivity contribution in [2.75, 3.05) is 0 Å². The van der Waals surface area contributed by atoms with Crippen LogP contribution in [-0.2, 0) is 4.79 Å². The lowest BCUT2D eigenvalue weighted by molar-refractivity contribution is -0.143. The number of rotatable bonds is 0. The third-order valence-corrected chi connectivity index (χ3v) is 4.45. The molecule has 0 heterocycles. The van der Waals surface area contributed by atoms with E-state index in [-0.39, 0.29) is 10.8 Å². The molecule has 0 aromatic heterocycles. The van der Waals surface area contributed by atoms with E-state index < -0.39 is 0 Å². The second-order valence-corrected chi connectivity index (χ2v) is 6.72. The highest BCUT2D eigenvalue weighted by atomic mass is 16.1. The van der Waals surface area contributed by atoms with Gasteiger partial charge in [-0.2, -0.15) is 0 Å². The summed E-state index contributed by atoms with van der Waals surface area (Å²) in [5, 5.41) is 0. The molecule has 1 spiro atoms. The van der Waals surface area contributed by atoms with Crippen molar-refractivity contribution in [3.63, 3.8) is 0 Å². The lowest BCUT2D eigenvalue weighted by Crippen LogP contribution is -2.46. The Morgan fingerprint density at radius 3 is 2.62 bits per heavy atom. The van der Waals surface area contributed by atoms with Gasteiger partial charge in [0.25, 0.3) is 0 Å². The van der Waals surface area contributed by atoms with Crippen LogP contribution in [0.5, 0.6) is 0 Å². The molecule has 0 aliphatic heterocycles. The SMILES string of the molecule is CC1=C[C@H](C)CC2(CCCC(C)(C)C2=O)C1. The first kappa shape index (κ1) is 11.9. The molecular weight excluding hydrogens is 196 g/mol. The Hall–Kier alpha value is -0.590. The second-order valence-electron chi connectivity index (χ2n) is 6.72. The van der Waals surface area contributed by atoms with Crippen molar-refractivity contribution in [2.45, 2.75) is 59.8 Å². The van der Waals surface area contributed by atoms with Crippen LogP contribution in [0.1, 0.15) is 59.8 Å². The van der Waals surface area contributed by atoms with Crippen molar-refractivity contribution in [3.05, 3.63) is 11.6 Å². The fourth-order valence-electron chi connectivity index (χ4n) is 4.00. The van der Waals surface area contributed by atoms with Crippen LogP contribution in [0, 0.1) is 16.7 Å². The fourth-order valence-corrected chi connectivity index (χ4v) is 4.00. The van der Waals surface area contributed by atoms with Crippen molar-refractivity contribution in [1.29, 1.82) is 0 Å². The van der Waals surface area contributed by atoms with E-state index in [0.717, 1.165) is 25.7 Å². The van der Waals surface area contributed by atoms with E-state index in [9.17, 15) is 4.79 Å². The Morgan fingerprint density at radius 1 is 1.31 bits per heavy atom. The Bertz CT molecular complexity index is 337. The first-order valence-corrected chi connectivity index (χ1v) is 6.58. The van der Waals surface area contributed by atoms with Crippen LogP contribution >= 0.6 is 0 Å². The Balaban J connectivity index is 2.32. The first-order chi connectivity index (χ1) is 7.36. The zero-order valence-electron chi connectivity index (χ0n) is 11.1. The third kappa shape index (κ3) is 1.85. The van der Waals surface area contributed by atoms with Crippen molar-refractivity contribution < 1.29 is 4.79 Å². The minimum atomic E-state index is -0.0877. The van der Waals surface area contributed by atoms with Crippen LogP contribution in [0.15, 0.2) is 11.6 Å². The molecule has 2 aliphatic carbocycles. The van der Waals surface area contributed by atoms with Gasteiger partial charge in [-0.3, -0.25) is 4.79 Å². The van der Waals surface area contributed by atoms with Crippen molar-refractivity contribution in [2.24, 2.45) is 16.7 Å². The highest BCUT2D eigenvalue weighted by molar-refractivity contribution is 5.90. The lowest BCUT2D eigenvalue weighted by Gasteiger charge is -2.46. The maximum atomic E-state index is 12.7. The summed E-state index contributed by atoms with van der Waals surface area (Å²) in [6, 6.07) is 0. The number of hydrogen-bond acceptors (Lipinski definition) is 1. The summed E-state index contributed by atoms with van der Waals surface area (Å²) in [7, 11) is 0. The summed E-state index contributed by atoms with van der Waals surface area (Å²) >= 11 is 0. The van der Waals surface area contributed by atoms with E-state index >= 15 is 0 Å². The predicted octanol–water partition coefficient (Wildman–Crippen LogP) is 4.13. The third-order valence-electron chi connectivity index (χ3n) is 4.45. The minimum absolute atomic E-state index is 0.0139. The minimum Gasteiger partial charge on any atom is -0.298 e. The van der Waals surface area contributed by atoms with E-state index in [1.807, 2.05) is 0 Å². The molecule has 1 heteroatoms. The summed E-state index contributed by atoms with van der Waals surface area (Å²) in [6.07, 6.45) is 7.85. The quantitative estimate of drug-likeness (QED) is 0.561. The number of carbonyl (C=O) groups is 1. The van der Waals surface area contributed by atoms with Crippen LogP contribution in [0.2, 0.25) is 0 Å². The maximum Gasteiger partial charge on any atom is 0.144 e. The molecule has 90 valence electrons. The normalized spacial score (nSPS) is 38.6. The fraction of sp³-hybridized carbons (Fsp3) is 0.800. The Morgan fingerprint density at radius 2 is 2.00 bits per heavy atom. The molecule has 2 aliphatic rings. The van der Waals surface area contributed by atoms with Crippen LogP contribution in [0.4, 0.5) is 0 Å². The topological polar surface area (TPSA) is 17.1 Å². The van der Waals surface area contributed by atoms with E-state index in [2.05, 4.69) is 33.8 Å². The van der Waals surface area contributed by atoms with Crippen molar-refractivity contribution in [3.8, 4) is 0 Å². The van der Waals surface area contributed by atoms with Crippen LogP contribution in [0.3, 0.4) is 0 Å².